The second-order valence-corrected chi connectivity index (χ2v) is 5.79. The van der Waals surface area contributed by atoms with Gasteiger partial charge in [0.2, 0.25) is 5.91 Å². The van der Waals surface area contributed by atoms with E-state index >= 15 is 0 Å². The van der Waals surface area contributed by atoms with Crippen molar-refractivity contribution in [2.24, 2.45) is 7.05 Å². The van der Waals surface area contributed by atoms with E-state index in [-0.39, 0.29) is 12.0 Å². The Morgan fingerprint density at radius 1 is 1.43 bits per heavy atom. The number of carbonyl (C=O) groups excluding carboxylic acids is 1. The highest BCUT2D eigenvalue weighted by Crippen LogP contribution is 2.17. The Labute approximate surface area is 135 Å². The average Bonchev–Trinajstić information content (AvgIpc) is 3.06. The molecule has 122 valence electrons. The van der Waals surface area contributed by atoms with Gasteiger partial charge < -0.3 is 10.1 Å². The summed E-state index contributed by atoms with van der Waals surface area (Å²) in [6, 6.07) is 5.55. The first-order valence-electron chi connectivity index (χ1n) is 7.69. The van der Waals surface area contributed by atoms with Crippen molar-refractivity contribution in [3.63, 3.8) is 0 Å². The van der Waals surface area contributed by atoms with Crippen LogP contribution in [0, 0.1) is 6.92 Å². The van der Waals surface area contributed by atoms with E-state index in [1.165, 1.54) is 0 Å². The summed E-state index contributed by atoms with van der Waals surface area (Å²) in [6.07, 6.45) is 4.46. The van der Waals surface area contributed by atoms with E-state index in [4.69, 9.17) is 4.74 Å². The van der Waals surface area contributed by atoms with Crippen LogP contribution in [0.3, 0.4) is 0 Å². The van der Waals surface area contributed by atoms with Gasteiger partial charge in [-0.2, -0.15) is 5.10 Å². The van der Waals surface area contributed by atoms with Gasteiger partial charge in [-0.15, -0.1) is 0 Å². The van der Waals surface area contributed by atoms with Crippen LogP contribution in [-0.4, -0.2) is 51.3 Å². The van der Waals surface area contributed by atoms with Gasteiger partial charge in [0.1, 0.15) is 17.7 Å². The maximum atomic E-state index is 12.2. The molecule has 1 fully saturated rings. The molecule has 0 spiro atoms. The van der Waals surface area contributed by atoms with Crippen molar-refractivity contribution in [1.82, 2.24) is 19.7 Å². The van der Waals surface area contributed by atoms with Crippen molar-refractivity contribution in [2.75, 3.05) is 25.0 Å². The molecule has 0 aliphatic carbocycles. The topological polar surface area (TPSA) is 72.3 Å². The Balaban J connectivity index is 1.48. The van der Waals surface area contributed by atoms with Crippen LogP contribution in [0.1, 0.15) is 12.1 Å². The Bertz CT molecular complexity index is 670. The number of carbonyl (C=O) groups is 1. The number of aryl methyl sites for hydroxylation is 2. The van der Waals surface area contributed by atoms with E-state index in [1.54, 1.807) is 17.1 Å². The first kappa shape index (κ1) is 15.5. The number of ether oxygens (including phenoxy) is 1. The van der Waals surface area contributed by atoms with Gasteiger partial charge in [-0.25, -0.2) is 0 Å². The van der Waals surface area contributed by atoms with E-state index in [0.717, 1.165) is 36.8 Å². The monoisotopic (exact) mass is 315 g/mol. The molecule has 1 saturated heterocycles. The van der Waals surface area contributed by atoms with Crippen LogP contribution in [0.2, 0.25) is 0 Å². The summed E-state index contributed by atoms with van der Waals surface area (Å²) in [5.41, 5.74) is 0.884. The fourth-order valence-corrected chi connectivity index (χ4v) is 2.76. The lowest BCUT2D eigenvalue weighted by atomic mass is 10.3. The molecule has 2 aromatic rings. The third kappa shape index (κ3) is 4.07. The Morgan fingerprint density at radius 3 is 2.91 bits per heavy atom. The molecule has 1 atom stereocenters. The molecule has 1 aliphatic rings. The zero-order chi connectivity index (χ0) is 16.2. The Kier molecular flexibility index (Phi) is 4.57. The number of aromatic nitrogens is 3. The fourth-order valence-electron chi connectivity index (χ4n) is 2.76. The Morgan fingerprint density at radius 2 is 2.22 bits per heavy atom. The maximum absolute atomic E-state index is 12.2. The van der Waals surface area contributed by atoms with E-state index in [2.05, 4.69) is 20.3 Å². The van der Waals surface area contributed by atoms with Gasteiger partial charge in [-0.1, -0.05) is 0 Å². The highest BCUT2D eigenvalue weighted by Gasteiger charge is 2.25. The van der Waals surface area contributed by atoms with Crippen LogP contribution in [0.4, 0.5) is 5.82 Å². The summed E-state index contributed by atoms with van der Waals surface area (Å²) in [5.74, 6) is 1.51. The molecule has 2 aromatic heterocycles. The standard InChI is InChI=1S/C16H21N5O2/c1-12-9-15(20(2)19-12)18-16(22)11-21-8-5-14(10-21)23-13-3-6-17-7-4-13/h3-4,6-7,9,14H,5,8,10-11H2,1-2H3,(H,18,22). The maximum Gasteiger partial charge on any atom is 0.239 e. The van der Waals surface area contributed by atoms with Crippen molar-refractivity contribution in [2.45, 2.75) is 19.4 Å². The molecule has 1 aliphatic heterocycles. The number of amides is 1. The predicted octanol–water partition coefficient (Wildman–Crippen LogP) is 1.22. The molecule has 7 heteroatoms. The second-order valence-electron chi connectivity index (χ2n) is 5.79. The van der Waals surface area contributed by atoms with Gasteiger partial charge >= 0.3 is 0 Å². The van der Waals surface area contributed by atoms with E-state index in [9.17, 15) is 4.79 Å². The SMILES string of the molecule is Cc1cc(NC(=O)CN2CCC(Oc3ccncc3)C2)n(C)n1. The molecule has 0 aromatic carbocycles. The van der Waals surface area contributed by atoms with E-state index in [1.807, 2.05) is 32.2 Å². The number of likely N-dealkylation sites (tertiary alicyclic amines) is 1. The third-order valence-electron chi connectivity index (χ3n) is 3.82. The summed E-state index contributed by atoms with van der Waals surface area (Å²) < 4.78 is 7.57. The van der Waals surface area contributed by atoms with Crippen molar-refractivity contribution in [1.29, 1.82) is 0 Å². The predicted molar refractivity (Wildman–Crippen MR) is 86.3 cm³/mol. The van der Waals surface area contributed by atoms with Gasteiger partial charge in [0.05, 0.1) is 12.2 Å². The highest BCUT2D eigenvalue weighted by molar-refractivity contribution is 5.91. The molecule has 1 unspecified atom stereocenters. The summed E-state index contributed by atoms with van der Waals surface area (Å²) in [4.78, 5) is 18.2. The lowest BCUT2D eigenvalue weighted by molar-refractivity contribution is -0.117. The minimum Gasteiger partial charge on any atom is -0.489 e. The van der Waals surface area contributed by atoms with Gasteiger partial charge in [-0.3, -0.25) is 19.4 Å². The number of hydrogen-bond donors (Lipinski definition) is 1. The first-order chi connectivity index (χ1) is 11.1. The lowest BCUT2D eigenvalue weighted by Crippen LogP contribution is -2.33. The van der Waals surface area contributed by atoms with Gasteiger partial charge in [0.15, 0.2) is 0 Å². The fraction of sp³-hybridized carbons (Fsp3) is 0.438. The first-order valence-corrected chi connectivity index (χ1v) is 7.69. The van der Waals surface area contributed by atoms with Gasteiger partial charge in [0.25, 0.3) is 0 Å². The third-order valence-corrected chi connectivity index (χ3v) is 3.82. The second kappa shape index (κ2) is 6.78. The molecular weight excluding hydrogens is 294 g/mol. The van der Waals surface area contributed by atoms with Crippen LogP contribution in [0.25, 0.3) is 0 Å². The lowest BCUT2D eigenvalue weighted by Gasteiger charge is -2.16. The highest BCUT2D eigenvalue weighted by atomic mass is 16.5. The summed E-state index contributed by atoms with van der Waals surface area (Å²) >= 11 is 0. The van der Waals surface area contributed by atoms with Gasteiger partial charge in [-0.05, 0) is 25.5 Å². The van der Waals surface area contributed by atoms with Gasteiger partial charge in [0, 0.05) is 38.6 Å². The zero-order valence-electron chi connectivity index (χ0n) is 13.4. The summed E-state index contributed by atoms with van der Waals surface area (Å²) in [5, 5.41) is 7.11. The zero-order valence-corrected chi connectivity index (χ0v) is 13.4. The number of rotatable bonds is 5. The number of hydrogen-bond acceptors (Lipinski definition) is 5. The van der Waals surface area contributed by atoms with Crippen molar-refractivity contribution >= 4 is 11.7 Å². The van der Waals surface area contributed by atoms with Crippen molar-refractivity contribution < 1.29 is 9.53 Å². The van der Waals surface area contributed by atoms with Crippen LogP contribution in [0.5, 0.6) is 5.75 Å². The molecule has 0 bridgehead atoms. The molecular formula is C16H21N5O2. The number of nitrogens with zero attached hydrogens (tertiary/aromatic N) is 4. The quantitative estimate of drug-likeness (QED) is 0.898. The van der Waals surface area contributed by atoms with Crippen LogP contribution in [-0.2, 0) is 11.8 Å². The number of anilines is 1. The molecule has 7 nitrogen and oxygen atoms in total. The summed E-state index contributed by atoms with van der Waals surface area (Å²) in [6.45, 7) is 3.87. The molecule has 3 rings (SSSR count). The van der Waals surface area contributed by atoms with Crippen LogP contribution in [0.15, 0.2) is 30.6 Å². The van der Waals surface area contributed by atoms with Crippen LogP contribution >= 0.6 is 0 Å². The molecule has 3 heterocycles. The van der Waals surface area contributed by atoms with E-state index in [0.29, 0.717) is 6.54 Å². The molecule has 0 saturated carbocycles. The molecule has 1 amide bonds. The minimum absolute atomic E-state index is 0.0300. The smallest absolute Gasteiger partial charge is 0.239 e. The normalized spacial score (nSPS) is 18.1. The minimum atomic E-state index is -0.0300. The Hall–Kier alpha value is -2.41. The largest absolute Gasteiger partial charge is 0.489 e. The van der Waals surface area contributed by atoms with Crippen molar-refractivity contribution in [3.8, 4) is 5.75 Å². The van der Waals surface area contributed by atoms with E-state index < -0.39 is 0 Å². The van der Waals surface area contributed by atoms with Crippen LogP contribution < -0.4 is 10.1 Å². The molecule has 1 N–H and O–H groups in total. The average molecular weight is 315 g/mol. The number of pyridine rings is 1. The molecule has 23 heavy (non-hydrogen) atoms. The molecule has 0 radical (unpaired) electrons. The number of nitrogens with one attached hydrogen (secondary N) is 1. The summed E-state index contributed by atoms with van der Waals surface area (Å²) in [7, 11) is 1.82. The van der Waals surface area contributed by atoms with Crippen molar-refractivity contribution in [3.05, 3.63) is 36.3 Å².